The molecule has 1 amide bonds. The molecule has 0 saturated carbocycles. The highest BCUT2D eigenvalue weighted by atomic mass is 16.5. The van der Waals surface area contributed by atoms with E-state index in [1.165, 1.54) is 0 Å². The van der Waals surface area contributed by atoms with Crippen LogP contribution in [0.2, 0.25) is 0 Å². The van der Waals surface area contributed by atoms with Gasteiger partial charge in [-0.2, -0.15) is 4.99 Å². The second-order valence-electron chi connectivity index (χ2n) is 5.50. The van der Waals surface area contributed by atoms with Gasteiger partial charge in [0.25, 0.3) is 5.91 Å². The van der Waals surface area contributed by atoms with Gasteiger partial charge in [-0.15, -0.1) is 0 Å². The smallest absolute Gasteiger partial charge is 0.280 e. The number of aromatic nitrogens is 2. The van der Waals surface area contributed by atoms with E-state index in [1.54, 1.807) is 31.4 Å². The maximum atomic E-state index is 12.5. The molecule has 0 bridgehead atoms. The van der Waals surface area contributed by atoms with Gasteiger partial charge in [0, 0.05) is 24.0 Å². The molecule has 120 valence electrons. The standard InChI is InChI=1S/C18H16N4O2/c1-24-13-8-6-12(7-9-13)17(23)21-18-20-15-5-3-2-4-14(15)16-19-10-11-22(16)18/h2-9,19H,10-11H2,1H3. The Morgan fingerprint density at radius 2 is 2.00 bits per heavy atom. The summed E-state index contributed by atoms with van der Waals surface area (Å²) >= 11 is 0. The molecule has 1 N–H and O–H groups in total. The molecule has 0 radical (unpaired) electrons. The van der Waals surface area contributed by atoms with Crippen molar-refractivity contribution < 1.29 is 9.53 Å². The number of ether oxygens (including phenoxy) is 1. The van der Waals surface area contributed by atoms with Crippen molar-refractivity contribution in [2.24, 2.45) is 4.99 Å². The highest BCUT2D eigenvalue weighted by Gasteiger charge is 2.15. The molecule has 2 aromatic carbocycles. The lowest BCUT2D eigenvalue weighted by molar-refractivity contribution is 0.0996. The van der Waals surface area contributed by atoms with E-state index in [0.29, 0.717) is 16.9 Å². The predicted molar refractivity (Wildman–Crippen MR) is 91.1 cm³/mol. The van der Waals surface area contributed by atoms with Crippen molar-refractivity contribution in [1.82, 2.24) is 9.55 Å². The molecule has 0 saturated heterocycles. The van der Waals surface area contributed by atoms with Crippen molar-refractivity contribution in [3.63, 3.8) is 0 Å². The number of anilines is 1. The van der Waals surface area contributed by atoms with Crippen molar-refractivity contribution in [1.29, 1.82) is 0 Å². The normalized spacial score (nSPS) is 13.6. The van der Waals surface area contributed by atoms with Crippen molar-refractivity contribution >= 4 is 22.6 Å². The van der Waals surface area contributed by atoms with Crippen LogP contribution in [0.3, 0.4) is 0 Å². The molecule has 0 spiro atoms. The molecule has 0 aliphatic carbocycles. The molecule has 4 rings (SSSR count). The number of methoxy groups -OCH3 is 1. The lowest BCUT2D eigenvalue weighted by atomic mass is 10.2. The molecule has 6 nitrogen and oxygen atoms in total. The summed E-state index contributed by atoms with van der Waals surface area (Å²) < 4.78 is 7.06. The van der Waals surface area contributed by atoms with Crippen LogP contribution >= 0.6 is 0 Å². The Bertz CT molecular complexity index is 990. The molecule has 1 aliphatic heterocycles. The SMILES string of the molecule is COc1ccc(C(=O)N=c2nc3ccccc3c3n2CCN3)cc1. The highest BCUT2D eigenvalue weighted by Crippen LogP contribution is 2.22. The number of fused-ring (bicyclic) bond motifs is 3. The van der Waals surface area contributed by atoms with Crippen LogP contribution in [-0.2, 0) is 6.54 Å². The number of carbonyl (C=O) groups excluding carboxylic acids is 1. The highest BCUT2D eigenvalue weighted by molar-refractivity contribution is 5.95. The zero-order valence-electron chi connectivity index (χ0n) is 13.2. The molecule has 6 heteroatoms. The second kappa shape index (κ2) is 5.81. The average Bonchev–Trinajstić information content (AvgIpc) is 3.12. The Labute approximate surface area is 138 Å². The average molecular weight is 320 g/mol. The molecular weight excluding hydrogens is 304 g/mol. The van der Waals surface area contributed by atoms with Gasteiger partial charge in [0.1, 0.15) is 11.6 Å². The summed E-state index contributed by atoms with van der Waals surface area (Å²) in [6, 6.07) is 14.7. The Hall–Kier alpha value is -3.15. The van der Waals surface area contributed by atoms with E-state index in [4.69, 9.17) is 4.74 Å². The summed E-state index contributed by atoms with van der Waals surface area (Å²) in [5.74, 6) is 1.35. The topological polar surface area (TPSA) is 68.5 Å². The first kappa shape index (κ1) is 14.4. The molecule has 24 heavy (non-hydrogen) atoms. The third-order valence-corrected chi connectivity index (χ3v) is 4.06. The van der Waals surface area contributed by atoms with Crippen LogP contribution in [-0.4, -0.2) is 29.1 Å². The zero-order chi connectivity index (χ0) is 16.5. The zero-order valence-corrected chi connectivity index (χ0v) is 13.2. The maximum absolute atomic E-state index is 12.5. The van der Waals surface area contributed by atoms with Gasteiger partial charge < -0.3 is 10.1 Å². The molecule has 0 fully saturated rings. The summed E-state index contributed by atoms with van der Waals surface area (Å²) in [7, 11) is 1.59. The van der Waals surface area contributed by atoms with E-state index in [0.717, 1.165) is 29.8 Å². The minimum atomic E-state index is -0.318. The fourth-order valence-corrected chi connectivity index (χ4v) is 2.85. The number of benzene rings is 2. The summed E-state index contributed by atoms with van der Waals surface area (Å²) in [5, 5.41) is 4.38. The quantitative estimate of drug-likeness (QED) is 0.786. The number of rotatable bonds is 2. The number of nitrogens with one attached hydrogen (secondary N) is 1. The summed E-state index contributed by atoms with van der Waals surface area (Å²) in [5.41, 5.74) is 1.75. The first-order chi connectivity index (χ1) is 11.8. The minimum Gasteiger partial charge on any atom is -0.497 e. The van der Waals surface area contributed by atoms with Crippen LogP contribution in [0.1, 0.15) is 10.4 Å². The maximum Gasteiger partial charge on any atom is 0.280 e. The van der Waals surface area contributed by atoms with Crippen LogP contribution < -0.4 is 15.7 Å². The number of amides is 1. The third-order valence-electron chi connectivity index (χ3n) is 4.06. The van der Waals surface area contributed by atoms with E-state index in [-0.39, 0.29) is 5.91 Å². The van der Waals surface area contributed by atoms with Crippen LogP contribution in [0, 0.1) is 0 Å². The van der Waals surface area contributed by atoms with E-state index < -0.39 is 0 Å². The molecule has 1 aromatic heterocycles. The van der Waals surface area contributed by atoms with Crippen LogP contribution in [0.15, 0.2) is 53.5 Å². The van der Waals surface area contributed by atoms with Gasteiger partial charge in [0.2, 0.25) is 5.62 Å². The Morgan fingerprint density at radius 3 is 2.79 bits per heavy atom. The number of hydrogen-bond donors (Lipinski definition) is 1. The van der Waals surface area contributed by atoms with Gasteiger partial charge in [0.15, 0.2) is 0 Å². The molecule has 2 heterocycles. The van der Waals surface area contributed by atoms with Crippen LogP contribution in [0.4, 0.5) is 5.82 Å². The van der Waals surface area contributed by atoms with Gasteiger partial charge in [-0.25, -0.2) is 4.98 Å². The van der Waals surface area contributed by atoms with E-state index >= 15 is 0 Å². The number of carbonyl (C=O) groups is 1. The van der Waals surface area contributed by atoms with Gasteiger partial charge in [0.05, 0.1) is 12.6 Å². The molecule has 1 aliphatic rings. The fraction of sp³-hybridized carbons (Fsp3) is 0.167. The van der Waals surface area contributed by atoms with E-state index in [1.807, 2.05) is 28.8 Å². The number of para-hydroxylation sites is 1. The largest absolute Gasteiger partial charge is 0.497 e. The first-order valence-corrected chi connectivity index (χ1v) is 7.73. The van der Waals surface area contributed by atoms with Gasteiger partial charge in [-0.05, 0) is 36.4 Å². The lowest BCUT2D eigenvalue weighted by Crippen LogP contribution is -2.24. The third kappa shape index (κ3) is 2.42. The Balaban J connectivity index is 1.83. The molecular formula is C18H16N4O2. The summed E-state index contributed by atoms with van der Waals surface area (Å²) in [4.78, 5) is 21.3. The van der Waals surface area contributed by atoms with Crippen molar-refractivity contribution in [2.75, 3.05) is 19.0 Å². The van der Waals surface area contributed by atoms with Gasteiger partial charge in [-0.1, -0.05) is 12.1 Å². The summed E-state index contributed by atoms with van der Waals surface area (Å²) in [6.07, 6.45) is 0. The molecule has 0 unspecified atom stereocenters. The first-order valence-electron chi connectivity index (χ1n) is 7.73. The molecule has 3 aromatic rings. The second-order valence-corrected chi connectivity index (χ2v) is 5.50. The van der Waals surface area contributed by atoms with Crippen molar-refractivity contribution in [3.8, 4) is 5.75 Å². The van der Waals surface area contributed by atoms with Gasteiger partial charge >= 0.3 is 0 Å². The number of nitrogens with zero attached hydrogens (tertiary/aromatic N) is 3. The van der Waals surface area contributed by atoms with Crippen LogP contribution in [0.25, 0.3) is 10.9 Å². The van der Waals surface area contributed by atoms with Crippen molar-refractivity contribution in [3.05, 3.63) is 59.7 Å². The van der Waals surface area contributed by atoms with E-state index in [2.05, 4.69) is 15.3 Å². The Morgan fingerprint density at radius 1 is 1.21 bits per heavy atom. The predicted octanol–water partition coefficient (Wildman–Crippen LogP) is 2.21. The lowest BCUT2D eigenvalue weighted by Gasteiger charge is -2.07. The number of hydrogen-bond acceptors (Lipinski definition) is 4. The summed E-state index contributed by atoms with van der Waals surface area (Å²) in [6.45, 7) is 1.54. The fourth-order valence-electron chi connectivity index (χ4n) is 2.85. The van der Waals surface area contributed by atoms with Crippen LogP contribution in [0.5, 0.6) is 5.75 Å². The Kier molecular flexibility index (Phi) is 3.49. The monoisotopic (exact) mass is 320 g/mol. The molecule has 0 atom stereocenters. The minimum absolute atomic E-state index is 0.318. The van der Waals surface area contributed by atoms with Crippen molar-refractivity contribution in [2.45, 2.75) is 6.54 Å². The van der Waals surface area contributed by atoms with E-state index in [9.17, 15) is 4.79 Å². The van der Waals surface area contributed by atoms with Gasteiger partial charge in [-0.3, -0.25) is 9.36 Å².